The Morgan fingerprint density at radius 3 is 2.47 bits per heavy atom. The third kappa shape index (κ3) is 5.70. The first-order valence-electron chi connectivity index (χ1n) is 8.48. The van der Waals surface area contributed by atoms with Gasteiger partial charge in [0.1, 0.15) is 11.5 Å². The van der Waals surface area contributed by atoms with Crippen molar-refractivity contribution in [3.05, 3.63) is 82.0 Å². The van der Waals surface area contributed by atoms with Gasteiger partial charge in [-0.25, -0.2) is 0 Å². The Morgan fingerprint density at radius 2 is 1.77 bits per heavy atom. The smallest absolute Gasteiger partial charge is 0.250 e. The molecule has 0 aliphatic carbocycles. The number of carbonyl (C=O) groups is 2. The van der Waals surface area contributed by atoms with Crippen molar-refractivity contribution in [3.8, 4) is 11.3 Å². The lowest BCUT2D eigenvalue weighted by Crippen LogP contribution is -2.33. The van der Waals surface area contributed by atoms with Gasteiger partial charge in [0.25, 0.3) is 0 Å². The molecular weight excluding hydrogens is 447 g/mol. The highest BCUT2D eigenvalue weighted by Crippen LogP contribution is 2.24. The second-order valence-electron chi connectivity index (χ2n) is 5.97. The summed E-state index contributed by atoms with van der Waals surface area (Å²) in [5.74, 6) is -0.801. The van der Waals surface area contributed by atoms with Crippen LogP contribution in [-0.4, -0.2) is 17.0 Å². The van der Waals surface area contributed by atoms with Crippen LogP contribution in [0.5, 0.6) is 0 Å². The molecule has 9 heteroatoms. The van der Waals surface area contributed by atoms with Gasteiger partial charge >= 0.3 is 0 Å². The second-order valence-corrected chi connectivity index (χ2v) is 7.22. The van der Waals surface area contributed by atoms with Crippen molar-refractivity contribution in [1.29, 1.82) is 0 Å². The highest BCUT2D eigenvalue weighted by atomic mass is 35.5. The van der Waals surface area contributed by atoms with Gasteiger partial charge in [-0.1, -0.05) is 23.2 Å². The SMILES string of the molecule is O=C(C=Cc1ccc(-c2ccc(Cl)cc2)o1)NC(=S)Nc1ccc(Cl)c(C(=O)[O-])c1. The molecule has 0 aliphatic heterocycles. The number of rotatable bonds is 5. The molecule has 30 heavy (non-hydrogen) atoms. The van der Waals surface area contributed by atoms with Crippen LogP contribution in [-0.2, 0) is 4.79 Å². The van der Waals surface area contributed by atoms with Gasteiger partial charge in [-0.15, -0.1) is 0 Å². The summed E-state index contributed by atoms with van der Waals surface area (Å²) in [6.45, 7) is 0. The molecule has 0 aliphatic rings. The van der Waals surface area contributed by atoms with Crippen LogP contribution in [0.2, 0.25) is 10.0 Å². The number of benzene rings is 2. The number of furan rings is 1. The number of carboxylic acids is 1. The maximum atomic E-state index is 12.1. The van der Waals surface area contributed by atoms with Gasteiger partial charge in [-0.3, -0.25) is 10.1 Å². The van der Waals surface area contributed by atoms with Crippen molar-refractivity contribution in [3.63, 3.8) is 0 Å². The van der Waals surface area contributed by atoms with Gasteiger partial charge in [0.2, 0.25) is 5.91 Å². The van der Waals surface area contributed by atoms with Crippen LogP contribution in [0.4, 0.5) is 5.69 Å². The third-order valence-corrected chi connectivity index (χ3v) is 4.62. The van der Waals surface area contributed by atoms with E-state index in [0.717, 1.165) is 5.56 Å². The molecule has 2 N–H and O–H groups in total. The van der Waals surface area contributed by atoms with Crippen molar-refractivity contribution < 1.29 is 19.1 Å². The van der Waals surface area contributed by atoms with Crippen LogP contribution < -0.4 is 15.7 Å². The van der Waals surface area contributed by atoms with Crippen LogP contribution in [0.25, 0.3) is 17.4 Å². The van der Waals surface area contributed by atoms with Crippen LogP contribution in [0, 0.1) is 0 Å². The number of aromatic carboxylic acids is 1. The van der Waals surface area contributed by atoms with Gasteiger partial charge < -0.3 is 19.6 Å². The fraction of sp³-hybridized carbons (Fsp3) is 0. The van der Waals surface area contributed by atoms with E-state index in [4.69, 9.17) is 39.8 Å². The molecule has 6 nitrogen and oxygen atoms in total. The van der Waals surface area contributed by atoms with Gasteiger partial charge in [0.05, 0.1) is 5.97 Å². The fourth-order valence-electron chi connectivity index (χ4n) is 2.44. The predicted octanol–water partition coefficient (Wildman–Crippen LogP) is 4.14. The summed E-state index contributed by atoms with van der Waals surface area (Å²) in [5.41, 5.74) is 1.00. The summed E-state index contributed by atoms with van der Waals surface area (Å²) in [5, 5.41) is 16.8. The molecule has 0 spiro atoms. The first-order chi connectivity index (χ1) is 14.3. The molecule has 1 amide bonds. The number of carboxylic acid groups (broad SMARTS) is 1. The summed E-state index contributed by atoms with van der Waals surface area (Å²) in [4.78, 5) is 23.1. The van der Waals surface area contributed by atoms with Gasteiger partial charge in [0.15, 0.2) is 5.11 Å². The number of anilines is 1. The van der Waals surface area contributed by atoms with Crippen LogP contribution in [0.15, 0.2) is 65.1 Å². The monoisotopic (exact) mass is 459 g/mol. The van der Waals surface area contributed by atoms with Crippen molar-refractivity contribution in [2.45, 2.75) is 0 Å². The van der Waals surface area contributed by atoms with Crippen LogP contribution >= 0.6 is 35.4 Å². The fourth-order valence-corrected chi connectivity index (χ4v) is 2.98. The van der Waals surface area contributed by atoms with E-state index in [-0.39, 0.29) is 15.7 Å². The molecule has 0 atom stereocenters. The van der Waals surface area contributed by atoms with Gasteiger partial charge in [-0.05, 0) is 72.9 Å². The van der Waals surface area contributed by atoms with Crippen LogP contribution in [0.3, 0.4) is 0 Å². The molecule has 0 fully saturated rings. The number of hydrogen-bond acceptors (Lipinski definition) is 5. The highest BCUT2D eigenvalue weighted by molar-refractivity contribution is 7.80. The van der Waals surface area contributed by atoms with Gasteiger partial charge in [-0.2, -0.15) is 0 Å². The minimum Gasteiger partial charge on any atom is -0.545 e. The van der Waals surface area contributed by atoms with E-state index in [1.807, 2.05) is 12.1 Å². The molecule has 0 radical (unpaired) electrons. The van der Waals surface area contributed by atoms with Crippen molar-refractivity contribution in [1.82, 2.24) is 5.32 Å². The molecular formula is C21H13Cl2N2O4S-. The number of nitrogens with one attached hydrogen (secondary N) is 2. The number of thiocarbonyl (C=S) groups is 1. The van der Waals surface area contributed by atoms with E-state index < -0.39 is 11.9 Å². The lowest BCUT2D eigenvalue weighted by atomic mass is 10.2. The zero-order valence-corrected chi connectivity index (χ0v) is 17.5. The Balaban J connectivity index is 1.58. The summed E-state index contributed by atoms with van der Waals surface area (Å²) >= 11 is 16.7. The van der Waals surface area contributed by atoms with Crippen LogP contribution in [0.1, 0.15) is 16.1 Å². The first-order valence-corrected chi connectivity index (χ1v) is 9.65. The molecule has 2 aromatic carbocycles. The molecule has 1 aromatic heterocycles. The summed E-state index contributed by atoms with van der Waals surface area (Å²) in [6.07, 6.45) is 2.75. The van der Waals surface area contributed by atoms with Gasteiger partial charge in [0, 0.05) is 32.9 Å². The Bertz CT molecular complexity index is 1140. The largest absolute Gasteiger partial charge is 0.545 e. The summed E-state index contributed by atoms with van der Waals surface area (Å²) < 4.78 is 5.68. The standard InChI is InChI=1S/C21H14Cl2N2O4S/c22-13-3-1-12(2-4-13)18-9-6-15(29-18)7-10-19(26)25-21(30)24-14-5-8-17(23)16(11-14)20(27)28/h1-11H,(H,27,28)(H2,24,25,26,30)/p-1. The average Bonchev–Trinajstić information content (AvgIpc) is 3.17. The molecule has 0 saturated carbocycles. The predicted molar refractivity (Wildman–Crippen MR) is 118 cm³/mol. The van der Waals surface area contributed by atoms with E-state index in [2.05, 4.69) is 10.6 Å². The zero-order chi connectivity index (χ0) is 21.7. The Hall–Kier alpha value is -3.13. The molecule has 0 unspecified atom stereocenters. The lowest BCUT2D eigenvalue weighted by Gasteiger charge is -2.11. The zero-order valence-electron chi connectivity index (χ0n) is 15.1. The Kier molecular flexibility index (Phi) is 6.89. The minimum absolute atomic E-state index is 0.0161. The third-order valence-electron chi connectivity index (χ3n) is 3.84. The summed E-state index contributed by atoms with van der Waals surface area (Å²) in [6, 6.07) is 14.8. The Morgan fingerprint density at radius 1 is 1.03 bits per heavy atom. The summed E-state index contributed by atoms with van der Waals surface area (Å²) in [7, 11) is 0. The maximum absolute atomic E-state index is 12.1. The average molecular weight is 460 g/mol. The van der Waals surface area contributed by atoms with E-state index in [0.29, 0.717) is 22.2 Å². The molecule has 1 heterocycles. The van der Waals surface area contributed by atoms with E-state index >= 15 is 0 Å². The lowest BCUT2D eigenvalue weighted by molar-refractivity contribution is -0.255. The second kappa shape index (κ2) is 9.58. The number of carbonyl (C=O) groups excluding carboxylic acids is 2. The van der Waals surface area contributed by atoms with E-state index in [9.17, 15) is 14.7 Å². The minimum atomic E-state index is -1.42. The maximum Gasteiger partial charge on any atom is 0.250 e. The molecule has 3 rings (SSSR count). The van der Waals surface area contributed by atoms with E-state index in [1.54, 1.807) is 24.3 Å². The number of hydrogen-bond donors (Lipinski definition) is 2. The molecule has 0 saturated heterocycles. The number of amides is 1. The van der Waals surface area contributed by atoms with Crippen molar-refractivity contribution in [2.75, 3.05) is 5.32 Å². The van der Waals surface area contributed by atoms with Crippen molar-refractivity contribution in [2.24, 2.45) is 0 Å². The molecule has 152 valence electrons. The topological polar surface area (TPSA) is 94.4 Å². The molecule has 0 bridgehead atoms. The number of halogens is 2. The normalized spacial score (nSPS) is 10.7. The Labute approximate surface area is 187 Å². The highest BCUT2D eigenvalue weighted by Gasteiger charge is 2.07. The first kappa shape index (κ1) is 21.6. The van der Waals surface area contributed by atoms with E-state index in [1.165, 1.54) is 30.4 Å². The molecule has 3 aromatic rings. The quantitative estimate of drug-likeness (QED) is 0.439. The van der Waals surface area contributed by atoms with Crippen molar-refractivity contribution >= 4 is 64.2 Å².